The molecule has 0 radical (unpaired) electrons. The van der Waals surface area contributed by atoms with Crippen LogP contribution in [0.3, 0.4) is 0 Å². The molecule has 8 nitrogen and oxygen atoms in total. The van der Waals surface area contributed by atoms with Crippen LogP contribution in [0.2, 0.25) is 0 Å². The minimum absolute atomic E-state index is 0.130. The van der Waals surface area contributed by atoms with E-state index < -0.39 is 16.8 Å². The summed E-state index contributed by atoms with van der Waals surface area (Å²) in [5.74, 6) is -0.302. The van der Waals surface area contributed by atoms with E-state index in [4.69, 9.17) is 14.7 Å². The summed E-state index contributed by atoms with van der Waals surface area (Å²) in [5.41, 5.74) is 3.01. The van der Waals surface area contributed by atoms with Crippen molar-refractivity contribution in [1.29, 1.82) is 5.26 Å². The Balaban J connectivity index is 1.45. The Morgan fingerprint density at radius 3 is 2.53 bits per heavy atom. The molecular weight excluding hydrogens is 441 g/mol. The highest BCUT2D eigenvalue weighted by Crippen LogP contribution is 2.31. The average Bonchev–Trinajstić information content (AvgIpc) is 2.85. The Morgan fingerprint density at radius 1 is 1.15 bits per heavy atom. The molecule has 176 valence electrons. The van der Waals surface area contributed by atoms with Crippen LogP contribution in [0.15, 0.2) is 60.7 Å². The van der Waals surface area contributed by atoms with E-state index in [0.717, 1.165) is 28.8 Å². The number of methoxy groups -OCH3 is 1. The van der Waals surface area contributed by atoms with Crippen molar-refractivity contribution < 1.29 is 23.9 Å². The van der Waals surface area contributed by atoms with E-state index in [1.165, 1.54) is 6.07 Å². The van der Waals surface area contributed by atoms with Crippen LogP contribution >= 0.6 is 0 Å². The second-order valence-corrected chi connectivity index (χ2v) is 7.53. The van der Waals surface area contributed by atoms with Gasteiger partial charge in [-0.15, -0.1) is 0 Å². The lowest BCUT2D eigenvalue weighted by Crippen LogP contribution is -2.24. The Kier molecular flexibility index (Phi) is 8.51. The first kappa shape index (κ1) is 24.6. The molecule has 3 rings (SSSR count). The van der Waals surface area contributed by atoms with Crippen LogP contribution in [0.5, 0.6) is 11.5 Å². The van der Waals surface area contributed by atoms with Gasteiger partial charge in [0.15, 0.2) is 11.6 Å². The highest BCUT2D eigenvalue weighted by atomic mass is 19.1. The molecule has 0 aliphatic rings. The number of non-ortho nitro benzene ring substituents is 1. The van der Waals surface area contributed by atoms with E-state index in [-0.39, 0.29) is 18.0 Å². The van der Waals surface area contributed by atoms with Crippen LogP contribution in [0, 0.1) is 27.3 Å². The van der Waals surface area contributed by atoms with E-state index in [2.05, 4.69) is 11.4 Å². The van der Waals surface area contributed by atoms with Crippen molar-refractivity contribution in [3.8, 4) is 28.7 Å². The van der Waals surface area contributed by atoms with Gasteiger partial charge in [0, 0.05) is 18.2 Å². The molecule has 1 atom stereocenters. The fourth-order valence-corrected chi connectivity index (χ4v) is 3.30. The number of nitro benzene ring substituents is 1. The third-order valence-electron chi connectivity index (χ3n) is 5.13. The van der Waals surface area contributed by atoms with Gasteiger partial charge in [0.05, 0.1) is 35.8 Å². The number of rotatable bonds is 11. The highest BCUT2D eigenvalue weighted by Gasteiger charge is 2.13. The highest BCUT2D eigenvalue weighted by molar-refractivity contribution is 5.72. The summed E-state index contributed by atoms with van der Waals surface area (Å²) < 4.78 is 24.5. The lowest BCUT2D eigenvalue weighted by molar-refractivity contribution is -0.385. The molecule has 2 N–H and O–H groups in total. The summed E-state index contributed by atoms with van der Waals surface area (Å²) in [6.45, 7) is 0.960. The maximum Gasteiger partial charge on any atom is 0.272 e. The number of nitrogens with zero attached hydrogens (tertiary/aromatic N) is 2. The fraction of sp³-hybridized carbons (Fsp3) is 0.240. The molecule has 0 spiro atoms. The number of nitriles is 1. The minimum atomic E-state index is -0.847. The number of nitro groups is 1. The number of nitrogens with one attached hydrogen (secondary N) is 1. The second-order valence-electron chi connectivity index (χ2n) is 7.53. The van der Waals surface area contributed by atoms with Gasteiger partial charge in [-0.05, 0) is 48.4 Å². The number of benzene rings is 3. The van der Waals surface area contributed by atoms with Gasteiger partial charge in [-0.3, -0.25) is 10.1 Å². The maximum absolute atomic E-state index is 13.8. The number of halogens is 1. The Bertz CT molecular complexity index is 1180. The topological polar surface area (TPSA) is 118 Å². The molecule has 34 heavy (non-hydrogen) atoms. The summed E-state index contributed by atoms with van der Waals surface area (Å²) >= 11 is 0. The van der Waals surface area contributed by atoms with E-state index >= 15 is 0 Å². The standard InChI is InChI=1S/C25H24FN3O5/c1-33-24-8-4-18(14-27)12-22(24)19-5-2-17(3-6-19)15-28-11-10-21(30)16-34-25-9-7-20(29(31)32)13-23(25)26/h2-9,12-13,21,28,30H,10-11,15-16H2,1H3. The molecule has 1 unspecified atom stereocenters. The van der Waals surface area contributed by atoms with E-state index in [1.54, 1.807) is 25.3 Å². The van der Waals surface area contributed by atoms with Crippen molar-refractivity contribution in [3.63, 3.8) is 0 Å². The van der Waals surface area contributed by atoms with Gasteiger partial charge < -0.3 is 19.9 Å². The summed E-state index contributed by atoms with van der Waals surface area (Å²) in [7, 11) is 1.59. The molecule has 0 aliphatic heterocycles. The first-order valence-corrected chi connectivity index (χ1v) is 10.5. The molecule has 0 aromatic heterocycles. The average molecular weight is 465 g/mol. The molecule has 9 heteroatoms. The zero-order chi connectivity index (χ0) is 24.5. The quantitative estimate of drug-likeness (QED) is 0.248. The van der Waals surface area contributed by atoms with Crippen LogP contribution in [-0.2, 0) is 6.54 Å². The lowest BCUT2D eigenvalue weighted by Gasteiger charge is -2.13. The van der Waals surface area contributed by atoms with Crippen molar-refractivity contribution in [2.75, 3.05) is 20.3 Å². The third kappa shape index (κ3) is 6.51. The number of hydrogen-bond acceptors (Lipinski definition) is 7. The van der Waals surface area contributed by atoms with E-state index in [9.17, 15) is 19.6 Å². The number of ether oxygens (including phenoxy) is 2. The fourth-order valence-electron chi connectivity index (χ4n) is 3.30. The molecule has 0 amide bonds. The lowest BCUT2D eigenvalue weighted by atomic mass is 10.0. The van der Waals surface area contributed by atoms with Crippen molar-refractivity contribution in [2.24, 2.45) is 0 Å². The minimum Gasteiger partial charge on any atom is -0.496 e. The van der Waals surface area contributed by atoms with Gasteiger partial charge in [0.2, 0.25) is 0 Å². The summed E-state index contributed by atoms with van der Waals surface area (Å²) in [5, 5.41) is 33.1. The SMILES string of the molecule is COc1ccc(C#N)cc1-c1ccc(CNCCC(O)COc2ccc([N+](=O)[O-])cc2F)cc1. The first-order chi connectivity index (χ1) is 16.4. The Labute approximate surface area is 196 Å². The van der Waals surface area contributed by atoms with Crippen molar-refractivity contribution >= 4 is 5.69 Å². The summed E-state index contributed by atoms with van der Waals surface area (Å²) in [6.07, 6.45) is -0.450. The molecule has 3 aromatic rings. The predicted molar refractivity (Wildman–Crippen MR) is 124 cm³/mol. The molecule has 0 fully saturated rings. The molecule has 3 aromatic carbocycles. The third-order valence-corrected chi connectivity index (χ3v) is 5.13. The Hall–Kier alpha value is -4.00. The number of aliphatic hydroxyl groups excluding tert-OH is 1. The van der Waals surface area contributed by atoms with E-state index in [1.807, 2.05) is 24.3 Å². The van der Waals surface area contributed by atoms with Gasteiger partial charge >= 0.3 is 0 Å². The first-order valence-electron chi connectivity index (χ1n) is 10.5. The zero-order valence-corrected chi connectivity index (χ0v) is 18.5. The molecule has 0 heterocycles. The van der Waals surface area contributed by atoms with Crippen molar-refractivity contribution in [3.05, 3.63) is 87.7 Å². The number of aliphatic hydroxyl groups is 1. The van der Waals surface area contributed by atoms with Crippen LogP contribution in [0.25, 0.3) is 11.1 Å². The maximum atomic E-state index is 13.8. The van der Waals surface area contributed by atoms with Crippen LogP contribution in [0.1, 0.15) is 17.5 Å². The molecular formula is C25H24FN3O5. The number of hydrogen-bond donors (Lipinski definition) is 2. The van der Waals surface area contributed by atoms with Gasteiger partial charge in [-0.1, -0.05) is 24.3 Å². The van der Waals surface area contributed by atoms with Gasteiger partial charge in [0.25, 0.3) is 5.69 Å². The monoisotopic (exact) mass is 465 g/mol. The van der Waals surface area contributed by atoms with E-state index in [0.29, 0.717) is 30.8 Å². The van der Waals surface area contributed by atoms with Crippen molar-refractivity contribution in [1.82, 2.24) is 5.32 Å². The predicted octanol–water partition coefficient (Wildman–Crippen LogP) is 4.20. The van der Waals surface area contributed by atoms with Gasteiger partial charge in [0.1, 0.15) is 12.4 Å². The normalized spacial score (nSPS) is 11.5. The molecule has 0 aliphatic carbocycles. The van der Waals surface area contributed by atoms with Gasteiger partial charge in [-0.2, -0.15) is 5.26 Å². The van der Waals surface area contributed by atoms with Crippen LogP contribution in [0.4, 0.5) is 10.1 Å². The summed E-state index contributed by atoms with van der Waals surface area (Å²) in [6, 6.07) is 18.4. The Morgan fingerprint density at radius 2 is 1.88 bits per heavy atom. The smallest absolute Gasteiger partial charge is 0.272 e. The zero-order valence-electron chi connectivity index (χ0n) is 18.5. The molecule has 0 saturated heterocycles. The summed E-state index contributed by atoms with van der Waals surface area (Å²) in [4.78, 5) is 9.96. The molecule has 0 bridgehead atoms. The molecule has 0 saturated carbocycles. The second kappa shape index (κ2) is 11.7. The van der Waals surface area contributed by atoms with Crippen LogP contribution < -0.4 is 14.8 Å². The van der Waals surface area contributed by atoms with Crippen molar-refractivity contribution in [2.45, 2.75) is 19.1 Å². The van der Waals surface area contributed by atoms with Crippen LogP contribution in [-0.4, -0.2) is 36.4 Å². The largest absolute Gasteiger partial charge is 0.496 e. The van der Waals surface area contributed by atoms with Gasteiger partial charge in [-0.25, -0.2) is 4.39 Å².